The van der Waals surface area contributed by atoms with Gasteiger partial charge in [-0.15, -0.1) is 11.8 Å². The molecule has 0 saturated carbocycles. The maximum atomic E-state index is 13.7. The lowest BCUT2D eigenvalue weighted by atomic mass is 10.0. The molecule has 0 aliphatic heterocycles. The van der Waals surface area contributed by atoms with E-state index in [1.807, 2.05) is 0 Å². The summed E-state index contributed by atoms with van der Waals surface area (Å²) in [6, 6.07) is 2.20. The quantitative estimate of drug-likeness (QED) is 0.438. The lowest BCUT2D eigenvalue weighted by Crippen LogP contribution is -2.44. The first-order valence-electron chi connectivity index (χ1n) is 4.55. The van der Waals surface area contributed by atoms with E-state index in [0.717, 1.165) is 23.9 Å². The normalized spacial score (nSPS) is 12.6. The zero-order valence-electron chi connectivity index (χ0n) is 9.12. The molecule has 0 heterocycles. The minimum absolute atomic E-state index is 0.204. The Balaban J connectivity index is 3.43. The predicted octanol–water partition coefficient (Wildman–Crippen LogP) is 4.69. The monoisotopic (exact) mass is 366 g/mol. The number of hydrogen-bond acceptors (Lipinski definition) is 2. The van der Waals surface area contributed by atoms with Crippen molar-refractivity contribution in [2.45, 2.75) is 17.0 Å². The van der Waals surface area contributed by atoms with Crippen LogP contribution >= 0.6 is 27.7 Å². The fraction of sp³-hybridized carbons (Fsp3) is 0.300. The van der Waals surface area contributed by atoms with Gasteiger partial charge in [-0.1, -0.05) is 0 Å². The molecular weight excluding hydrogens is 362 g/mol. The van der Waals surface area contributed by atoms with Crippen LogP contribution < -0.4 is 0 Å². The van der Waals surface area contributed by atoms with Gasteiger partial charge in [-0.05, 0) is 34.3 Å². The smallest absolute Gasteiger partial charge is 0.287 e. The summed E-state index contributed by atoms with van der Waals surface area (Å²) in [6.45, 7) is 0. The van der Waals surface area contributed by atoms with Crippen LogP contribution in [0, 0.1) is 5.82 Å². The van der Waals surface area contributed by atoms with Gasteiger partial charge in [0.25, 0.3) is 0 Å². The van der Waals surface area contributed by atoms with E-state index < -0.39 is 33.7 Å². The lowest BCUT2D eigenvalue weighted by molar-refractivity contribution is -0.255. The lowest BCUT2D eigenvalue weighted by Gasteiger charge is -2.19. The van der Waals surface area contributed by atoms with Crippen LogP contribution in [0.25, 0.3) is 0 Å². The van der Waals surface area contributed by atoms with Crippen LogP contribution in [0.1, 0.15) is 10.4 Å². The zero-order chi connectivity index (χ0) is 15.0. The van der Waals surface area contributed by atoms with Crippen LogP contribution in [0.5, 0.6) is 0 Å². The van der Waals surface area contributed by atoms with E-state index in [9.17, 15) is 31.1 Å². The van der Waals surface area contributed by atoms with E-state index in [1.54, 1.807) is 0 Å². The molecule has 0 atom stereocenters. The maximum absolute atomic E-state index is 13.7. The van der Waals surface area contributed by atoms with Gasteiger partial charge in [0.2, 0.25) is 5.78 Å². The van der Waals surface area contributed by atoms with Gasteiger partial charge < -0.3 is 0 Å². The number of benzene rings is 1. The SMILES string of the molecule is CSc1ccc(Br)c(C(=O)C(F)(F)C(F)(F)F)c1F. The van der Waals surface area contributed by atoms with Gasteiger partial charge in [-0.3, -0.25) is 4.79 Å². The fourth-order valence-corrected chi connectivity index (χ4v) is 2.16. The molecule has 0 fully saturated rings. The Kier molecular flexibility index (Phi) is 4.61. The third kappa shape index (κ3) is 2.91. The van der Waals surface area contributed by atoms with Gasteiger partial charge >= 0.3 is 12.1 Å². The number of carbonyl (C=O) groups is 1. The summed E-state index contributed by atoms with van der Waals surface area (Å²) < 4.78 is 75.4. The molecule has 0 saturated heterocycles. The highest BCUT2D eigenvalue weighted by Crippen LogP contribution is 2.40. The van der Waals surface area contributed by atoms with Crippen LogP contribution in [-0.4, -0.2) is 24.1 Å². The number of ketones is 1. The molecule has 0 unspecified atom stereocenters. The van der Waals surface area contributed by atoms with Crippen molar-refractivity contribution in [3.05, 3.63) is 28.0 Å². The van der Waals surface area contributed by atoms with Gasteiger partial charge in [0, 0.05) is 9.37 Å². The van der Waals surface area contributed by atoms with E-state index in [2.05, 4.69) is 15.9 Å². The Hall–Kier alpha value is -0.700. The Morgan fingerprint density at radius 2 is 1.74 bits per heavy atom. The molecule has 1 aromatic rings. The molecule has 9 heteroatoms. The summed E-state index contributed by atoms with van der Waals surface area (Å²) in [5.41, 5.74) is -1.31. The maximum Gasteiger partial charge on any atom is 0.461 e. The first-order valence-corrected chi connectivity index (χ1v) is 6.57. The Morgan fingerprint density at radius 3 is 2.16 bits per heavy atom. The fourth-order valence-electron chi connectivity index (χ4n) is 1.18. The molecule has 0 spiro atoms. The summed E-state index contributed by atoms with van der Waals surface area (Å²) >= 11 is 3.38. The van der Waals surface area contributed by atoms with E-state index in [0.29, 0.717) is 0 Å². The molecule has 19 heavy (non-hydrogen) atoms. The predicted molar refractivity (Wildman–Crippen MR) is 61.2 cm³/mol. The number of rotatable bonds is 3. The third-order valence-electron chi connectivity index (χ3n) is 2.14. The molecule has 106 valence electrons. The molecule has 0 N–H and O–H groups in total. The zero-order valence-corrected chi connectivity index (χ0v) is 11.5. The van der Waals surface area contributed by atoms with Crippen molar-refractivity contribution in [2.75, 3.05) is 6.26 Å². The average Bonchev–Trinajstić information content (AvgIpc) is 2.27. The van der Waals surface area contributed by atoms with Crippen molar-refractivity contribution >= 4 is 33.5 Å². The minimum atomic E-state index is -6.08. The van der Waals surface area contributed by atoms with E-state index in [4.69, 9.17) is 0 Å². The van der Waals surface area contributed by atoms with E-state index in [-0.39, 0.29) is 4.90 Å². The van der Waals surface area contributed by atoms with Crippen LogP contribution in [0.15, 0.2) is 21.5 Å². The second-order valence-corrected chi connectivity index (χ2v) is 5.04. The molecule has 0 bridgehead atoms. The molecule has 0 radical (unpaired) electrons. The highest BCUT2D eigenvalue weighted by atomic mass is 79.9. The first-order chi connectivity index (χ1) is 8.54. The molecule has 0 aliphatic rings. The van der Waals surface area contributed by atoms with Crippen molar-refractivity contribution in [1.82, 2.24) is 0 Å². The number of alkyl halides is 5. The van der Waals surface area contributed by atoms with Crippen LogP contribution in [0.2, 0.25) is 0 Å². The first kappa shape index (κ1) is 16.4. The Labute approximate surface area is 116 Å². The minimum Gasteiger partial charge on any atom is -0.287 e. The molecule has 0 aromatic heterocycles. The van der Waals surface area contributed by atoms with Crippen molar-refractivity contribution in [3.63, 3.8) is 0 Å². The largest absolute Gasteiger partial charge is 0.461 e. The van der Waals surface area contributed by atoms with Crippen molar-refractivity contribution in [1.29, 1.82) is 0 Å². The number of Topliss-reactive ketones (excluding diaryl/α,β-unsaturated/α-hetero) is 1. The molecule has 1 aromatic carbocycles. The summed E-state index contributed by atoms with van der Waals surface area (Å²) in [5.74, 6) is -9.68. The van der Waals surface area contributed by atoms with Gasteiger partial charge in [0.05, 0.1) is 5.56 Å². The molecular formula is C10H5BrF6OS. The molecule has 1 rings (SSSR count). The van der Waals surface area contributed by atoms with Crippen LogP contribution in [-0.2, 0) is 0 Å². The molecule has 0 aliphatic carbocycles. The van der Waals surface area contributed by atoms with Crippen LogP contribution in [0.4, 0.5) is 26.3 Å². The number of carbonyl (C=O) groups excluding carboxylic acids is 1. The van der Waals surface area contributed by atoms with Gasteiger partial charge in [0.15, 0.2) is 0 Å². The summed E-state index contributed by atoms with van der Waals surface area (Å²) in [5, 5.41) is 0. The highest BCUT2D eigenvalue weighted by molar-refractivity contribution is 9.10. The van der Waals surface area contributed by atoms with Crippen LogP contribution in [0.3, 0.4) is 0 Å². The number of halogens is 7. The Morgan fingerprint density at radius 1 is 1.21 bits per heavy atom. The second kappa shape index (κ2) is 5.35. The van der Waals surface area contributed by atoms with Gasteiger partial charge in [0.1, 0.15) is 5.82 Å². The van der Waals surface area contributed by atoms with Crippen molar-refractivity contribution < 1.29 is 31.1 Å². The topological polar surface area (TPSA) is 17.1 Å². The summed E-state index contributed by atoms with van der Waals surface area (Å²) in [4.78, 5) is 11.1. The molecule has 0 amide bonds. The van der Waals surface area contributed by atoms with Crippen molar-refractivity contribution in [2.24, 2.45) is 0 Å². The van der Waals surface area contributed by atoms with Gasteiger partial charge in [-0.25, -0.2) is 4.39 Å². The van der Waals surface area contributed by atoms with E-state index >= 15 is 0 Å². The molecule has 1 nitrogen and oxygen atoms in total. The highest BCUT2D eigenvalue weighted by Gasteiger charge is 2.63. The Bertz CT molecular complexity index is 513. The van der Waals surface area contributed by atoms with Gasteiger partial charge in [-0.2, -0.15) is 22.0 Å². The average molecular weight is 367 g/mol. The third-order valence-corrected chi connectivity index (χ3v) is 3.56. The number of hydrogen-bond donors (Lipinski definition) is 0. The summed E-state index contributed by atoms with van der Waals surface area (Å²) in [7, 11) is 0. The second-order valence-electron chi connectivity index (χ2n) is 3.34. The standard InChI is InChI=1S/C10H5BrF6OS/c1-19-5-3-2-4(11)6(7(5)12)8(18)9(13,14)10(15,16)17/h2-3H,1H3. The summed E-state index contributed by atoms with van der Waals surface area (Å²) in [6.07, 6.45) is -4.69. The van der Waals surface area contributed by atoms with E-state index in [1.165, 1.54) is 6.26 Å². The number of thioether (sulfide) groups is 1. The van der Waals surface area contributed by atoms with Crippen molar-refractivity contribution in [3.8, 4) is 0 Å².